The van der Waals surface area contributed by atoms with Gasteiger partial charge in [0.2, 0.25) is 0 Å². The van der Waals surface area contributed by atoms with E-state index in [1.54, 1.807) is 0 Å². The third kappa shape index (κ3) is 1.66. The highest BCUT2D eigenvalue weighted by Gasteiger charge is 2.09. The summed E-state index contributed by atoms with van der Waals surface area (Å²) in [5.74, 6) is 0. The molecule has 2 aromatic carbocycles. The summed E-state index contributed by atoms with van der Waals surface area (Å²) in [5, 5.41) is 1.09. The Balaban J connectivity index is 2.15. The normalized spacial score (nSPS) is 10.9. The zero-order valence-electron chi connectivity index (χ0n) is 10.4. The molecule has 2 nitrogen and oxygen atoms in total. The Morgan fingerprint density at radius 2 is 1.72 bits per heavy atom. The molecule has 3 rings (SSSR count). The topological polar surface area (TPSA) is 41.8 Å². The molecular weight excluding hydrogens is 220 g/mol. The summed E-state index contributed by atoms with van der Waals surface area (Å²) in [6.07, 6.45) is 1.06. The summed E-state index contributed by atoms with van der Waals surface area (Å²) in [6, 6.07) is 16.7. The van der Waals surface area contributed by atoms with Crippen molar-refractivity contribution in [3.8, 4) is 11.3 Å². The quantitative estimate of drug-likeness (QED) is 0.694. The molecule has 0 atom stereocenters. The Bertz CT molecular complexity index is 678. The van der Waals surface area contributed by atoms with Gasteiger partial charge in [0.1, 0.15) is 0 Å². The van der Waals surface area contributed by atoms with Gasteiger partial charge in [0.15, 0.2) is 0 Å². The van der Waals surface area contributed by atoms with Gasteiger partial charge in [-0.05, 0) is 18.1 Å². The van der Waals surface area contributed by atoms with E-state index in [-0.39, 0.29) is 0 Å². The maximum atomic E-state index is 6.21. The van der Waals surface area contributed by atoms with E-state index in [4.69, 9.17) is 5.73 Å². The van der Waals surface area contributed by atoms with Crippen molar-refractivity contribution in [3.05, 3.63) is 54.1 Å². The summed E-state index contributed by atoms with van der Waals surface area (Å²) in [4.78, 5) is 3.39. The lowest BCUT2D eigenvalue weighted by molar-refractivity contribution is 1.14. The molecule has 18 heavy (non-hydrogen) atoms. The van der Waals surface area contributed by atoms with Crippen LogP contribution in [0.25, 0.3) is 22.2 Å². The van der Waals surface area contributed by atoms with Gasteiger partial charge in [-0.25, -0.2) is 0 Å². The number of aromatic amines is 1. The van der Waals surface area contributed by atoms with Gasteiger partial charge in [0.05, 0.1) is 11.4 Å². The maximum absolute atomic E-state index is 6.21. The molecule has 0 saturated carbocycles. The largest absolute Gasteiger partial charge is 0.396 e. The molecule has 3 N–H and O–H groups in total. The predicted octanol–water partition coefficient (Wildman–Crippen LogP) is 3.98. The molecule has 0 aliphatic heterocycles. The molecule has 0 radical (unpaired) electrons. The molecule has 0 bridgehead atoms. The highest BCUT2D eigenvalue weighted by Crippen LogP contribution is 2.32. The van der Waals surface area contributed by atoms with Crippen LogP contribution in [-0.2, 0) is 6.42 Å². The molecule has 0 saturated heterocycles. The second-order valence-corrected chi connectivity index (χ2v) is 4.51. The Hall–Kier alpha value is -2.22. The number of aromatic nitrogens is 1. The van der Waals surface area contributed by atoms with Gasteiger partial charge in [-0.3, -0.25) is 0 Å². The highest BCUT2D eigenvalue weighted by molar-refractivity contribution is 5.99. The fourth-order valence-corrected chi connectivity index (χ4v) is 2.30. The van der Waals surface area contributed by atoms with Crippen LogP contribution >= 0.6 is 0 Å². The van der Waals surface area contributed by atoms with Crippen molar-refractivity contribution in [2.24, 2.45) is 0 Å². The first-order valence-electron chi connectivity index (χ1n) is 6.25. The molecule has 0 aliphatic rings. The van der Waals surface area contributed by atoms with E-state index < -0.39 is 0 Å². The van der Waals surface area contributed by atoms with Gasteiger partial charge in [-0.2, -0.15) is 0 Å². The van der Waals surface area contributed by atoms with Gasteiger partial charge in [0.25, 0.3) is 0 Å². The molecular formula is C16H16N2. The summed E-state index contributed by atoms with van der Waals surface area (Å²) in [6.45, 7) is 2.16. The minimum absolute atomic E-state index is 0.829. The number of nitrogen functional groups attached to an aromatic ring is 1. The molecule has 0 spiro atoms. The number of nitrogens with two attached hydrogens (primary N) is 1. The molecule has 0 amide bonds. The summed E-state index contributed by atoms with van der Waals surface area (Å²) in [7, 11) is 0. The summed E-state index contributed by atoms with van der Waals surface area (Å²) < 4.78 is 0. The van der Waals surface area contributed by atoms with Crippen LogP contribution < -0.4 is 5.73 Å². The van der Waals surface area contributed by atoms with Gasteiger partial charge in [-0.15, -0.1) is 0 Å². The summed E-state index contributed by atoms with van der Waals surface area (Å²) in [5.41, 5.74) is 11.6. The lowest BCUT2D eigenvalue weighted by atomic mass is 10.1. The van der Waals surface area contributed by atoms with Gasteiger partial charge in [-0.1, -0.05) is 49.4 Å². The molecule has 0 fully saturated rings. The second-order valence-electron chi connectivity index (χ2n) is 4.51. The lowest BCUT2D eigenvalue weighted by Gasteiger charge is -2.02. The zero-order chi connectivity index (χ0) is 12.5. The number of anilines is 1. The number of fused-ring (bicyclic) bond motifs is 1. The predicted molar refractivity (Wildman–Crippen MR) is 77.5 cm³/mol. The monoisotopic (exact) mass is 236 g/mol. The molecule has 0 unspecified atom stereocenters. The van der Waals surface area contributed by atoms with Gasteiger partial charge >= 0.3 is 0 Å². The van der Waals surface area contributed by atoms with Crippen LogP contribution in [-0.4, -0.2) is 4.98 Å². The Morgan fingerprint density at radius 3 is 2.39 bits per heavy atom. The minimum atomic E-state index is 0.829. The van der Waals surface area contributed by atoms with E-state index in [0.29, 0.717) is 0 Å². The molecule has 1 aromatic heterocycles. The van der Waals surface area contributed by atoms with E-state index in [0.717, 1.165) is 34.3 Å². The number of aryl methyl sites for hydroxylation is 1. The first kappa shape index (κ1) is 10.9. The van der Waals surface area contributed by atoms with Crippen LogP contribution in [0.3, 0.4) is 0 Å². The number of hydrogen-bond acceptors (Lipinski definition) is 1. The van der Waals surface area contributed by atoms with Gasteiger partial charge < -0.3 is 10.7 Å². The van der Waals surface area contributed by atoms with E-state index >= 15 is 0 Å². The van der Waals surface area contributed by atoms with Crippen LogP contribution in [0, 0.1) is 0 Å². The smallest absolute Gasteiger partial charge is 0.0698 e. The average Bonchev–Trinajstić information content (AvgIpc) is 2.77. The minimum Gasteiger partial charge on any atom is -0.396 e. The highest BCUT2D eigenvalue weighted by atomic mass is 14.8. The first-order chi connectivity index (χ1) is 8.79. The van der Waals surface area contributed by atoms with Crippen molar-refractivity contribution in [2.75, 3.05) is 5.73 Å². The third-order valence-electron chi connectivity index (χ3n) is 3.40. The maximum Gasteiger partial charge on any atom is 0.0698 e. The first-order valence-corrected chi connectivity index (χ1v) is 6.25. The van der Waals surface area contributed by atoms with Crippen molar-refractivity contribution >= 4 is 16.6 Å². The number of benzene rings is 2. The lowest BCUT2D eigenvalue weighted by Crippen LogP contribution is -1.87. The Labute approximate surface area is 106 Å². The van der Waals surface area contributed by atoms with E-state index in [2.05, 4.69) is 42.2 Å². The molecule has 90 valence electrons. The average molecular weight is 236 g/mol. The third-order valence-corrected chi connectivity index (χ3v) is 3.40. The van der Waals surface area contributed by atoms with Crippen LogP contribution in [0.1, 0.15) is 12.5 Å². The molecule has 2 heteroatoms. The number of nitrogens with one attached hydrogen (secondary N) is 1. The zero-order valence-corrected chi connectivity index (χ0v) is 10.4. The van der Waals surface area contributed by atoms with Crippen LogP contribution in [0.2, 0.25) is 0 Å². The Kier molecular flexibility index (Phi) is 2.56. The number of hydrogen-bond donors (Lipinski definition) is 2. The van der Waals surface area contributed by atoms with E-state index in [1.165, 1.54) is 5.56 Å². The molecule has 1 heterocycles. The SMILES string of the molecule is CCc1ccc(-c2[nH]c3ccccc3c2N)cc1. The van der Waals surface area contributed by atoms with Crippen molar-refractivity contribution in [1.29, 1.82) is 0 Å². The fourth-order valence-electron chi connectivity index (χ4n) is 2.30. The standard InChI is InChI=1S/C16H16N2/c1-2-11-7-9-12(10-8-11)16-15(17)13-5-3-4-6-14(13)18-16/h3-10,18H,2,17H2,1H3. The van der Waals surface area contributed by atoms with Gasteiger partial charge in [0, 0.05) is 16.5 Å². The van der Waals surface area contributed by atoms with Crippen molar-refractivity contribution in [2.45, 2.75) is 13.3 Å². The van der Waals surface area contributed by atoms with Crippen LogP contribution in [0.4, 0.5) is 5.69 Å². The number of rotatable bonds is 2. The summed E-state index contributed by atoms with van der Waals surface area (Å²) >= 11 is 0. The number of H-pyrrole nitrogens is 1. The fraction of sp³-hybridized carbons (Fsp3) is 0.125. The van der Waals surface area contributed by atoms with E-state index in [1.807, 2.05) is 18.2 Å². The van der Waals surface area contributed by atoms with E-state index in [9.17, 15) is 0 Å². The molecule has 0 aliphatic carbocycles. The Morgan fingerprint density at radius 1 is 1.00 bits per heavy atom. The second kappa shape index (κ2) is 4.22. The van der Waals surface area contributed by atoms with Crippen LogP contribution in [0.15, 0.2) is 48.5 Å². The number of para-hydroxylation sites is 1. The van der Waals surface area contributed by atoms with Crippen LogP contribution in [0.5, 0.6) is 0 Å². The van der Waals surface area contributed by atoms with Crippen molar-refractivity contribution in [3.63, 3.8) is 0 Å². The van der Waals surface area contributed by atoms with Crippen molar-refractivity contribution < 1.29 is 0 Å². The molecule has 3 aromatic rings. The van der Waals surface area contributed by atoms with Crippen molar-refractivity contribution in [1.82, 2.24) is 4.98 Å².